The molecule has 0 radical (unpaired) electrons. The van der Waals surface area contributed by atoms with Gasteiger partial charge in [-0.15, -0.1) is 0 Å². The van der Waals surface area contributed by atoms with Gasteiger partial charge in [-0.1, -0.05) is 0 Å². The van der Waals surface area contributed by atoms with E-state index in [0.717, 1.165) is 46.6 Å². The summed E-state index contributed by atoms with van der Waals surface area (Å²) in [7, 11) is 0. The van der Waals surface area contributed by atoms with E-state index >= 15 is 0 Å². The van der Waals surface area contributed by atoms with Gasteiger partial charge in [0.05, 0.1) is 0 Å². The Morgan fingerprint density at radius 1 is 1.12 bits per heavy atom. The molecule has 8 heteroatoms. The number of nitrogens with zero attached hydrogens (tertiary/aromatic N) is 3. The zero-order chi connectivity index (χ0) is 22.6. The molecule has 33 heavy (non-hydrogen) atoms. The molecule has 5 rings (SSSR count). The predicted molar refractivity (Wildman–Crippen MR) is 126 cm³/mol. The van der Waals surface area contributed by atoms with Crippen LogP contribution in [0.1, 0.15) is 6.92 Å². The van der Waals surface area contributed by atoms with Crippen molar-refractivity contribution in [1.29, 1.82) is 0 Å². The van der Waals surface area contributed by atoms with Crippen molar-refractivity contribution >= 4 is 22.4 Å². The van der Waals surface area contributed by atoms with Crippen LogP contribution in [0.15, 0.2) is 67.7 Å². The van der Waals surface area contributed by atoms with Crippen LogP contribution in [0, 0.1) is 11.7 Å². The number of ether oxygens (including phenoxy) is 1. The van der Waals surface area contributed by atoms with Gasteiger partial charge >= 0.3 is 193 Å². The minimum atomic E-state index is -0.328. The number of anilines is 1. The van der Waals surface area contributed by atoms with Crippen LogP contribution in [0.25, 0.3) is 22.0 Å². The molecule has 2 N–H and O–H groups in total. The molecule has 2 aromatic carbocycles. The molecule has 0 atom stereocenters. The summed E-state index contributed by atoms with van der Waals surface area (Å²) >= 11 is -0.328. The van der Waals surface area contributed by atoms with E-state index in [-0.39, 0.29) is 27.3 Å². The summed E-state index contributed by atoms with van der Waals surface area (Å²) in [6.07, 6.45) is 5.72. The van der Waals surface area contributed by atoms with E-state index in [1.165, 1.54) is 17.7 Å². The van der Waals surface area contributed by atoms with Gasteiger partial charge in [0.25, 0.3) is 0 Å². The number of hydrogen-bond acceptors (Lipinski definition) is 6. The normalized spacial score (nSPS) is 16.3. The van der Waals surface area contributed by atoms with Gasteiger partial charge in [0.2, 0.25) is 0 Å². The van der Waals surface area contributed by atoms with Gasteiger partial charge in [-0.25, -0.2) is 4.39 Å². The third kappa shape index (κ3) is 5.22. The number of nitrogens with one attached hydrogen (secondary N) is 2. The van der Waals surface area contributed by atoms with Crippen LogP contribution < -0.4 is 36.8 Å². The van der Waals surface area contributed by atoms with Gasteiger partial charge in [0.15, 0.2) is 0 Å². The fourth-order valence-corrected chi connectivity index (χ4v) is 5.13. The van der Waals surface area contributed by atoms with E-state index in [2.05, 4.69) is 34.0 Å². The Balaban J connectivity index is 1.49. The molecule has 3 aromatic rings. The topological polar surface area (TPSA) is 71.4 Å². The number of halogens is 2. The van der Waals surface area contributed by atoms with Crippen molar-refractivity contribution in [1.82, 2.24) is 15.3 Å². The molecule has 0 bridgehead atoms. The maximum atomic E-state index is 13.5. The van der Waals surface area contributed by atoms with Gasteiger partial charge in [0.1, 0.15) is 0 Å². The zero-order valence-electron chi connectivity index (χ0n) is 18.2. The molecule has 0 unspecified atom stereocenters. The van der Waals surface area contributed by atoms with Crippen LogP contribution in [-0.2, 0) is 0 Å². The van der Waals surface area contributed by atoms with Crippen molar-refractivity contribution < 1.29 is 30.6 Å². The van der Waals surface area contributed by atoms with Crippen molar-refractivity contribution in [3.05, 3.63) is 70.4 Å². The fraction of sp³-hybridized carbons (Fsp3) is 0.240. The van der Waals surface area contributed by atoms with Crippen LogP contribution in [0.2, 0.25) is 0 Å². The number of allylic oxidation sites excluding steroid dienone is 1. The molecule has 1 aromatic heterocycles. The number of aromatic nitrogens is 2. The number of benzene rings is 2. The Labute approximate surface area is 202 Å². The molecule has 0 saturated carbocycles. The third-order valence-corrected chi connectivity index (χ3v) is 7.71. The summed E-state index contributed by atoms with van der Waals surface area (Å²) in [5.74, 6) is 1.70. The van der Waals surface area contributed by atoms with Gasteiger partial charge in [-0.05, 0) is 0 Å². The molecule has 0 amide bonds. The molecule has 1 fully saturated rings. The van der Waals surface area contributed by atoms with E-state index in [0.29, 0.717) is 24.8 Å². The standard InChI is InChI=1S/C25H24FIN5O/c1-16-2-3-17(10-27-32-16)13-29-25-22-8-20(19-4-6-21(26)7-5-19)9-23(24(22)30-15-31-25)33-14-18-11-28-12-18/h2-10,15,18,28H,11-14H2,1H3,(H,29,30,31)/q-1. The second-order valence-corrected chi connectivity index (χ2v) is 9.79. The Morgan fingerprint density at radius 2 is 1.97 bits per heavy atom. The van der Waals surface area contributed by atoms with E-state index in [1.54, 1.807) is 18.5 Å². The first kappa shape index (κ1) is 22.0. The number of rotatable bonds is 7. The minimum absolute atomic E-state index is 0.258. The molecule has 3 heterocycles. The van der Waals surface area contributed by atoms with Crippen LogP contribution >= 0.6 is 0 Å². The summed E-state index contributed by atoms with van der Waals surface area (Å²) in [4.78, 5) is 9.06. The first-order chi connectivity index (χ1) is 16.2. The molecular formula is C25H24FIN5O-. The van der Waals surface area contributed by atoms with Crippen molar-refractivity contribution in [2.24, 2.45) is 9.12 Å². The van der Waals surface area contributed by atoms with Gasteiger partial charge in [-0.2, -0.15) is 0 Å². The average Bonchev–Trinajstić information content (AvgIpc) is 3.01. The summed E-state index contributed by atoms with van der Waals surface area (Å²) < 4.78 is 26.5. The molecule has 1 saturated heterocycles. The second-order valence-electron chi connectivity index (χ2n) is 8.13. The zero-order valence-corrected chi connectivity index (χ0v) is 20.3. The first-order valence-electron chi connectivity index (χ1n) is 10.8. The summed E-state index contributed by atoms with van der Waals surface area (Å²) in [6.45, 7) is 5.23. The average molecular weight is 556 g/mol. The van der Waals surface area contributed by atoms with E-state index in [1.807, 2.05) is 25.1 Å². The van der Waals surface area contributed by atoms with E-state index < -0.39 is 0 Å². The molecular weight excluding hydrogens is 532 g/mol. The monoisotopic (exact) mass is 556 g/mol. The summed E-state index contributed by atoms with van der Waals surface area (Å²) in [6, 6.07) is 10.5. The molecule has 6 nitrogen and oxygen atoms in total. The Kier molecular flexibility index (Phi) is 6.63. The third-order valence-electron chi connectivity index (χ3n) is 5.59. The van der Waals surface area contributed by atoms with Crippen molar-refractivity contribution in [3.63, 3.8) is 0 Å². The van der Waals surface area contributed by atoms with Crippen LogP contribution in [-0.4, -0.2) is 41.9 Å². The van der Waals surface area contributed by atoms with E-state index in [4.69, 9.17) is 4.74 Å². The molecule has 0 spiro atoms. The first-order valence-corrected chi connectivity index (χ1v) is 13.0. The summed E-state index contributed by atoms with van der Waals surface area (Å²) in [5.41, 5.74) is 4.87. The van der Waals surface area contributed by atoms with E-state index in [9.17, 15) is 4.39 Å². The van der Waals surface area contributed by atoms with Crippen LogP contribution in [0.5, 0.6) is 5.75 Å². The van der Waals surface area contributed by atoms with Crippen LogP contribution in [0.4, 0.5) is 10.2 Å². The number of hydrogen-bond donors (Lipinski definition) is 2. The summed E-state index contributed by atoms with van der Waals surface area (Å²) in [5, 5.41) is 7.62. The predicted octanol–water partition coefficient (Wildman–Crippen LogP) is 1.36. The SMILES string of the molecule is CC1=N[I-]C=C(CNc2ncnc3c(OCC4CNC4)cc(-c4ccc(F)cc4)cc23)C=C1. The second kappa shape index (κ2) is 9.96. The Morgan fingerprint density at radius 3 is 2.76 bits per heavy atom. The molecule has 2 aliphatic heterocycles. The van der Waals surface area contributed by atoms with Crippen molar-refractivity contribution in [2.45, 2.75) is 6.92 Å². The van der Waals surface area contributed by atoms with Crippen molar-refractivity contribution in [2.75, 3.05) is 31.6 Å². The molecule has 0 aliphatic carbocycles. The Bertz CT molecular complexity index is 1250. The maximum absolute atomic E-state index is 13.5. The van der Waals surface area contributed by atoms with Gasteiger partial charge in [-0.3, -0.25) is 0 Å². The van der Waals surface area contributed by atoms with Crippen molar-refractivity contribution in [3.8, 4) is 16.9 Å². The fourth-order valence-electron chi connectivity index (χ4n) is 3.61. The quantitative estimate of drug-likeness (QED) is 0.431. The Hall–Kier alpha value is -2.85. The van der Waals surface area contributed by atoms with Gasteiger partial charge < -0.3 is 5.32 Å². The van der Waals surface area contributed by atoms with Crippen LogP contribution in [0.3, 0.4) is 0 Å². The number of fused-ring (bicyclic) bond motifs is 1. The molecule has 2 aliphatic rings. The molecule has 170 valence electrons. The van der Waals surface area contributed by atoms with Gasteiger partial charge in [0, 0.05) is 0 Å².